The highest BCUT2D eigenvalue weighted by molar-refractivity contribution is 7.90. The third kappa shape index (κ3) is 3.95. The molecule has 1 aromatic heterocycles. The van der Waals surface area contributed by atoms with Crippen LogP contribution in [0.3, 0.4) is 0 Å². The molecule has 30 heavy (non-hydrogen) atoms. The van der Waals surface area contributed by atoms with Crippen LogP contribution in [0.5, 0.6) is 5.75 Å². The number of carbonyl (C=O) groups is 1. The molecule has 2 heterocycles. The van der Waals surface area contributed by atoms with Crippen molar-refractivity contribution in [3.05, 3.63) is 65.5 Å². The number of H-pyrrole nitrogens is 1. The maximum absolute atomic E-state index is 13.3. The molecule has 0 bridgehead atoms. The lowest BCUT2D eigenvalue weighted by atomic mass is 10.0. The van der Waals surface area contributed by atoms with Crippen molar-refractivity contribution in [2.45, 2.75) is 24.8 Å². The van der Waals surface area contributed by atoms with Gasteiger partial charge in [0.05, 0.1) is 17.6 Å². The van der Waals surface area contributed by atoms with E-state index in [0.717, 1.165) is 28.0 Å². The summed E-state index contributed by atoms with van der Waals surface area (Å²) in [7, 11) is -3.33. The minimum absolute atomic E-state index is 0.128. The van der Waals surface area contributed by atoms with E-state index in [1.807, 2.05) is 31.3 Å². The number of aromatic amines is 1. The van der Waals surface area contributed by atoms with Crippen LogP contribution >= 0.6 is 0 Å². The summed E-state index contributed by atoms with van der Waals surface area (Å²) in [5.74, 6) is 0.637. The van der Waals surface area contributed by atoms with E-state index >= 15 is 0 Å². The summed E-state index contributed by atoms with van der Waals surface area (Å²) < 4.78 is 29.6. The Morgan fingerprint density at radius 2 is 2.03 bits per heavy atom. The third-order valence-electron chi connectivity index (χ3n) is 5.28. The van der Waals surface area contributed by atoms with Gasteiger partial charge in [0, 0.05) is 35.7 Å². The van der Waals surface area contributed by atoms with Crippen LogP contribution < -0.4 is 4.74 Å². The van der Waals surface area contributed by atoms with Crippen molar-refractivity contribution in [2.24, 2.45) is 0 Å². The molecule has 0 saturated carbocycles. The fourth-order valence-corrected chi connectivity index (χ4v) is 4.30. The number of aryl methyl sites for hydroxylation is 1. The standard InChI is InChI=1S/C22H23N3O4S/c1-3-15-11-19(30(2,27)28)5-6-20(15)22(26)25-8-9-29-21-7-4-16(10-17(21)14-25)18-12-23-24-13-18/h4-7,10-13H,3,8-9,14H2,1-2H3,(H,23,24). The molecular formula is C22H23N3O4S. The van der Waals surface area contributed by atoms with Gasteiger partial charge in [-0.2, -0.15) is 5.10 Å². The van der Waals surface area contributed by atoms with E-state index in [9.17, 15) is 13.2 Å². The van der Waals surface area contributed by atoms with Gasteiger partial charge in [0.25, 0.3) is 5.91 Å². The van der Waals surface area contributed by atoms with Gasteiger partial charge in [-0.1, -0.05) is 13.0 Å². The minimum atomic E-state index is -3.33. The van der Waals surface area contributed by atoms with Gasteiger partial charge >= 0.3 is 0 Å². The van der Waals surface area contributed by atoms with Crippen LogP contribution in [0.2, 0.25) is 0 Å². The first-order valence-corrected chi connectivity index (χ1v) is 11.6. The average molecular weight is 426 g/mol. The molecule has 0 fully saturated rings. The molecule has 0 saturated heterocycles. The van der Waals surface area contributed by atoms with E-state index in [-0.39, 0.29) is 10.8 Å². The molecule has 0 aliphatic carbocycles. The molecule has 7 nitrogen and oxygen atoms in total. The van der Waals surface area contributed by atoms with E-state index in [1.54, 1.807) is 23.2 Å². The number of hydrogen-bond donors (Lipinski definition) is 1. The Kier molecular flexibility index (Phi) is 5.34. The SMILES string of the molecule is CCc1cc(S(C)(=O)=O)ccc1C(=O)N1CCOc2ccc(-c3cn[nH]c3)cc2C1. The number of nitrogens with one attached hydrogen (secondary N) is 1. The Morgan fingerprint density at radius 1 is 1.20 bits per heavy atom. The summed E-state index contributed by atoms with van der Waals surface area (Å²) in [4.78, 5) is 15.3. The van der Waals surface area contributed by atoms with E-state index in [2.05, 4.69) is 10.2 Å². The van der Waals surface area contributed by atoms with Gasteiger partial charge in [0.1, 0.15) is 12.4 Å². The van der Waals surface area contributed by atoms with Gasteiger partial charge in [-0.3, -0.25) is 9.89 Å². The van der Waals surface area contributed by atoms with Gasteiger partial charge in [-0.15, -0.1) is 0 Å². The molecular weight excluding hydrogens is 402 g/mol. The highest BCUT2D eigenvalue weighted by atomic mass is 32.2. The summed E-state index contributed by atoms with van der Waals surface area (Å²) >= 11 is 0. The molecule has 156 valence electrons. The van der Waals surface area contributed by atoms with Crippen LogP contribution in [0.25, 0.3) is 11.1 Å². The second-order valence-corrected chi connectivity index (χ2v) is 9.35. The Labute approximate surface area is 175 Å². The number of ether oxygens (including phenoxy) is 1. The number of hydrogen-bond acceptors (Lipinski definition) is 5. The predicted octanol–water partition coefficient (Wildman–Crippen LogP) is 3.08. The van der Waals surface area contributed by atoms with Crippen LogP contribution in [0.1, 0.15) is 28.4 Å². The van der Waals surface area contributed by atoms with Gasteiger partial charge < -0.3 is 9.64 Å². The van der Waals surface area contributed by atoms with Crippen molar-refractivity contribution in [1.82, 2.24) is 15.1 Å². The molecule has 3 aromatic rings. The van der Waals surface area contributed by atoms with Crippen molar-refractivity contribution in [3.8, 4) is 16.9 Å². The molecule has 8 heteroatoms. The van der Waals surface area contributed by atoms with Crippen LogP contribution in [0.4, 0.5) is 0 Å². The normalized spacial score (nSPS) is 14.0. The summed E-state index contributed by atoms with van der Waals surface area (Å²) in [6.45, 7) is 3.17. The fourth-order valence-electron chi connectivity index (χ4n) is 3.63. The van der Waals surface area contributed by atoms with Gasteiger partial charge in [-0.05, 0) is 47.9 Å². The van der Waals surface area contributed by atoms with Gasteiger partial charge in [-0.25, -0.2) is 8.42 Å². The summed E-state index contributed by atoms with van der Waals surface area (Å²) in [6, 6.07) is 10.6. The molecule has 0 unspecified atom stereocenters. The molecule has 2 aromatic carbocycles. The van der Waals surface area contributed by atoms with Crippen molar-refractivity contribution in [3.63, 3.8) is 0 Å². The number of sulfone groups is 1. The lowest BCUT2D eigenvalue weighted by Gasteiger charge is -2.22. The summed E-state index contributed by atoms with van der Waals surface area (Å²) in [5.41, 5.74) is 4.13. The zero-order chi connectivity index (χ0) is 21.3. The van der Waals surface area contributed by atoms with Crippen LogP contribution in [0, 0.1) is 0 Å². The first kappa shape index (κ1) is 20.2. The molecule has 0 radical (unpaired) electrons. The van der Waals surface area contributed by atoms with Crippen molar-refractivity contribution >= 4 is 15.7 Å². The summed E-state index contributed by atoms with van der Waals surface area (Å²) in [5, 5.41) is 6.80. The number of rotatable bonds is 4. The Hall–Kier alpha value is -3.13. The first-order chi connectivity index (χ1) is 14.4. The quantitative estimate of drug-likeness (QED) is 0.694. The number of benzene rings is 2. The van der Waals surface area contributed by atoms with Crippen LogP contribution in [0.15, 0.2) is 53.7 Å². The number of fused-ring (bicyclic) bond motifs is 1. The third-order valence-corrected chi connectivity index (χ3v) is 6.39. The van der Waals surface area contributed by atoms with Gasteiger partial charge in [0.2, 0.25) is 0 Å². The molecule has 1 aliphatic rings. The van der Waals surface area contributed by atoms with Crippen molar-refractivity contribution in [1.29, 1.82) is 0 Å². The number of aromatic nitrogens is 2. The van der Waals surface area contributed by atoms with Crippen molar-refractivity contribution < 1.29 is 17.9 Å². The number of carbonyl (C=O) groups excluding carboxylic acids is 1. The number of amides is 1. The first-order valence-electron chi connectivity index (χ1n) is 9.74. The van der Waals surface area contributed by atoms with E-state index < -0.39 is 9.84 Å². The smallest absolute Gasteiger partial charge is 0.254 e. The van der Waals surface area contributed by atoms with Crippen LogP contribution in [-0.2, 0) is 22.8 Å². The zero-order valence-corrected chi connectivity index (χ0v) is 17.7. The maximum atomic E-state index is 13.3. The second-order valence-electron chi connectivity index (χ2n) is 7.33. The molecule has 0 spiro atoms. The molecule has 1 aliphatic heterocycles. The highest BCUT2D eigenvalue weighted by Crippen LogP contribution is 2.30. The van der Waals surface area contributed by atoms with E-state index in [4.69, 9.17) is 4.74 Å². The molecule has 1 N–H and O–H groups in total. The minimum Gasteiger partial charge on any atom is -0.491 e. The fraction of sp³-hybridized carbons (Fsp3) is 0.273. The van der Waals surface area contributed by atoms with Gasteiger partial charge in [0.15, 0.2) is 9.84 Å². The lowest BCUT2D eigenvalue weighted by molar-refractivity contribution is 0.0732. The monoisotopic (exact) mass is 425 g/mol. The Balaban J connectivity index is 1.65. The molecule has 4 rings (SSSR count). The maximum Gasteiger partial charge on any atom is 0.254 e. The molecule has 1 amide bonds. The Bertz CT molecular complexity index is 1190. The van der Waals surface area contributed by atoms with Crippen LogP contribution in [-0.4, -0.2) is 48.8 Å². The lowest BCUT2D eigenvalue weighted by Crippen LogP contribution is -2.33. The van der Waals surface area contributed by atoms with E-state index in [0.29, 0.717) is 31.7 Å². The second kappa shape index (κ2) is 7.95. The predicted molar refractivity (Wildman–Crippen MR) is 113 cm³/mol. The largest absolute Gasteiger partial charge is 0.491 e. The zero-order valence-electron chi connectivity index (χ0n) is 16.9. The number of nitrogens with zero attached hydrogens (tertiary/aromatic N) is 2. The Morgan fingerprint density at radius 3 is 2.73 bits per heavy atom. The van der Waals surface area contributed by atoms with E-state index in [1.165, 1.54) is 12.3 Å². The molecule has 0 atom stereocenters. The highest BCUT2D eigenvalue weighted by Gasteiger charge is 2.24. The average Bonchev–Trinajstić information content (AvgIpc) is 3.18. The summed E-state index contributed by atoms with van der Waals surface area (Å²) in [6.07, 6.45) is 5.30. The van der Waals surface area contributed by atoms with Crippen molar-refractivity contribution in [2.75, 3.05) is 19.4 Å². The topological polar surface area (TPSA) is 92.4 Å².